The van der Waals surface area contributed by atoms with Crippen LogP contribution in [-0.2, 0) is 20.7 Å². The summed E-state index contributed by atoms with van der Waals surface area (Å²) in [5.41, 5.74) is 0.466. The summed E-state index contributed by atoms with van der Waals surface area (Å²) in [5.74, 6) is -0.721. The summed E-state index contributed by atoms with van der Waals surface area (Å²) in [6.07, 6.45) is 0.752. The van der Waals surface area contributed by atoms with Crippen LogP contribution in [0, 0.1) is 11.2 Å². The van der Waals surface area contributed by atoms with Gasteiger partial charge in [-0.05, 0) is 69.4 Å². The van der Waals surface area contributed by atoms with Gasteiger partial charge in [0.2, 0.25) is 11.8 Å². The van der Waals surface area contributed by atoms with Gasteiger partial charge >= 0.3 is 6.09 Å². The zero-order valence-electron chi connectivity index (χ0n) is 20.4. The van der Waals surface area contributed by atoms with E-state index in [1.54, 1.807) is 31.7 Å². The molecule has 2 aliphatic heterocycles. The lowest BCUT2D eigenvalue weighted by Gasteiger charge is -2.28. The molecule has 2 atom stereocenters. The monoisotopic (exact) mass is 500 g/mol. The fraction of sp³-hybridized carbons (Fsp3) is 0.444. The second kappa shape index (κ2) is 9.26. The van der Waals surface area contributed by atoms with Crippen LogP contribution in [0.15, 0.2) is 42.5 Å². The number of carbonyl (C=O) groups excluding carboxylic acids is 3. The second-order valence-electron chi connectivity index (χ2n) is 10.5. The van der Waals surface area contributed by atoms with Crippen LogP contribution in [0.3, 0.4) is 0 Å². The van der Waals surface area contributed by atoms with Crippen molar-refractivity contribution < 1.29 is 23.5 Å². The van der Waals surface area contributed by atoms with Gasteiger partial charge < -0.3 is 9.64 Å². The Balaban J connectivity index is 1.59. The molecule has 6 nitrogen and oxygen atoms in total. The van der Waals surface area contributed by atoms with E-state index in [-0.39, 0.29) is 17.6 Å². The number of carbonyl (C=O) groups is 3. The van der Waals surface area contributed by atoms with Crippen LogP contribution in [0.2, 0.25) is 5.02 Å². The van der Waals surface area contributed by atoms with Crippen molar-refractivity contribution in [2.45, 2.75) is 58.6 Å². The third-order valence-corrected chi connectivity index (χ3v) is 6.95. The van der Waals surface area contributed by atoms with E-state index < -0.39 is 23.2 Å². The molecule has 35 heavy (non-hydrogen) atoms. The summed E-state index contributed by atoms with van der Waals surface area (Å²) in [6, 6.07) is 11.4. The maximum Gasteiger partial charge on any atom is 0.417 e. The number of benzene rings is 2. The van der Waals surface area contributed by atoms with Gasteiger partial charge in [-0.1, -0.05) is 35.9 Å². The number of amides is 3. The van der Waals surface area contributed by atoms with Gasteiger partial charge in [0, 0.05) is 36.6 Å². The zero-order chi connectivity index (χ0) is 25.5. The van der Waals surface area contributed by atoms with Gasteiger partial charge in [0.05, 0.1) is 5.41 Å². The molecule has 2 heterocycles. The maximum atomic E-state index is 14.3. The molecule has 2 aliphatic rings. The lowest BCUT2D eigenvalue weighted by molar-refractivity contribution is -0.136. The predicted octanol–water partition coefficient (Wildman–Crippen LogP) is 5.46. The number of halogens is 2. The minimum Gasteiger partial charge on any atom is -0.443 e. The highest BCUT2D eigenvalue weighted by Crippen LogP contribution is 2.45. The Labute approximate surface area is 210 Å². The number of likely N-dealkylation sites (tertiary alicyclic amines) is 2. The van der Waals surface area contributed by atoms with Crippen molar-refractivity contribution in [3.63, 3.8) is 0 Å². The number of ether oxygens (including phenoxy) is 1. The Morgan fingerprint density at radius 3 is 2.46 bits per heavy atom. The highest BCUT2D eigenvalue weighted by atomic mass is 35.5. The highest BCUT2D eigenvalue weighted by Gasteiger charge is 2.57. The first-order valence-electron chi connectivity index (χ1n) is 11.8. The third kappa shape index (κ3) is 5.20. The van der Waals surface area contributed by atoms with Crippen molar-refractivity contribution in [3.05, 3.63) is 58.9 Å². The molecule has 2 aromatic rings. The van der Waals surface area contributed by atoms with Gasteiger partial charge in [0.15, 0.2) is 0 Å². The quantitative estimate of drug-likeness (QED) is 0.561. The fourth-order valence-corrected chi connectivity index (χ4v) is 5.22. The minimum atomic E-state index is -0.781. The first kappa shape index (κ1) is 25.2. The van der Waals surface area contributed by atoms with Gasteiger partial charge in [-0.25, -0.2) is 14.1 Å². The number of hydrogen-bond donors (Lipinski definition) is 0. The van der Waals surface area contributed by atoms with Crippen molar-refractivity contribution in [3.8, 4) is 11.1 Å². The van der Waals surface area contributed by atoms with Crippen molar-refractivity contribution in [1.82, 2.24) is 9.80 Å². The van der Waals surface area contributed by atoms with Crippen LogP contribution >= 0.6 is 11.6 Å². The summed E-state index contributed by atoms with van der Waals surface area (Å²) in [5, 5.41) is 0.449. The molecule has 0 bridgehead atoms. The number of imide groups is 1. The van der Waals surface area contributed by atoms with E-state index in [0.717, 1.165) is 5.56 Å². The van der Waals surface area contributed by atoms with Crippen molar-refractivity contribution in [1.29, 1.82) is 0 Å². The topological polar surface area (TPSA) is 66.9 Å². The van der Waals surface area contributed by atoms with Crippen LogP contribution < -0.4 is 0 Å². The fourth-order valence-electron chi connectivity index (χ4n) is 5.05. The second-order valence-corrected chi connectivity index (χ2v) is 10.9. The summed E-state index contributed by atoms with van der Waals surface area (Å²) in [6.45, 7) is 7.58. The zero-order valence-corrected chi connectivity index (χ0v) is 21.2. The minimum absolute atomic E-state index is 0.0780. The Morgan fingerprint density at radius 2 is 1.86 bits per heavy atom. The molecule has 0 saturated carbocycles. The van der Waals surface area contributed by atoms with Gasteiger partial charge in [-0.15, -0.1) is 0 Å². The molecule has 2 aromatic carbocycles. The number of rotatable bonds is 3. The van der Waals surface area contributed by atoms with E-state index >= 15 is 0 Å². The average Bonchev–Trinajstić information content (AvgIpc) is 3.31. The number of hydrogen-bond acceptors (Lipinski definition) is 4. The van der Waals surface area contributed by atoms with E-state index in [9.17, 15) is 18.8 Å². The van der Waals surface area contributed by atoms with E-state index in [2.05, 4.69) is 0 Å². The Kier molecular flexibility index (Phi) is 6.66. The standard InChI is InChI=1S/C27H30ClFN2O4/c1-17(32)30-12-11-27(16-30)15-21(31(24(27)33)25(34)35-26(2,3)4)13-18-5-7-19(8-6-18)22-14-20(28)9-10-23(22)29/h5-10,14,21H,11-13,15-16H2,1-4H3/t21-,27?/m1/s1. The molecule has 4 rings (SSSR count). The molecule has 3 amide bonds. The smallest absolute Gasteiger partial charge is 0.417 e. The first-order valence-corrected chi connectivity index (χ1v) is 12.1. The summed E-state index contributed by atoms with van der Waals surface area (Å²) in [4.78, 5) is 41.5. The van der Waals surface area contributed by atoms with Crippen LogP contribution in [0.4, 0.5) is 9.18 Å². The lowest BCUT2D eigenvalue weighted by atomic mass is 9.83. The molecule has 0 aromatic heterocycles. The van der Waals surface area contributed by atoms with Crippen molar-refractivity contribution in [2.24, 2.45) is 5.41 Å². The SMILES string of the molecule is CC(=O)N1CCC2(C[C@@H](Cc3ccc(-c4cc(Cl)ccc4F)cc3)N(C(=O)OC(C)(C)C)C2=O)C1. The van der Waals surface area contributed by atoms with E-state index in [4.69, 9.17) is 16.3 Å². The molecule has 0 N–H and O–H groups in total. The van der Waals surface area contributed by atoms with Crippen LogP contribution in [-0.4, -0.2) is 52.4 Å². The molecule has 8 heteroatoms. The van der Waals surface area contributed by atoms with E-state index in [1.165, 1.54) is 24.0 Å². The summed E-state index contributed by atoms with van der Waals surface area (Å²) in [7, 11) is 0. The molecule has 2 fully saturated rings. The molecular weight excluding hydrogens is 471 g/mol. The Morgan fingerprint density at radius 1 is 1.17 bits per heavy atom. The molecule has 1 unspecified atom stereocenters. The van der Waals surface area contributed by atoms with Gasteiger partial charge in [-0.2, -0.15) is 0 Å². The average molecular weight is 501 g/mol. The Hall–Kier alpha value is -2.93. The Bertz CT molecular complexity index is 1160. The molecule has 0 aliphatic carbocycles. The normalized spacial score (nSPS) is 22.2. The van der Waals surface area contributed by atoms with Gasteiger partial charge in [-0.3, -0.25) is 9.59 Å². The van der Waals surface area contributed by atoms with Crippen LogP contribution in [0.5, 0.6) is 0 Å². The van der Waals surface area contributed by atoms with Crippen molar-refractivity contribution in [2.75, 3.05) is 13.1 Å². The maximum absolute atomic E-state index is 14.3. The van der Waals surface area contributed by atoms with Gasteiger partial charge in [0.25, 0.3) is 0 Å². The molecule has 1 spiro atoms. The molecule has 186 valence electrons. The molecule has 0 radical (unpaired) electrons. The first-order chi connectivity index (χ1) is 16.4. The van der Waals surface area contributed by atoms with Gasteiger partial charge in [0.1, 0.15) is 11.4 Å². The van der Waals surface area contributed by atoms with Crippen LogP contribution in [0.1, 0.15) is 46.1 Å². The summed E-state index contributed by atoms with van der Waals surface area (Å²) < 4.78 is 19.8. The van der Waals surface area contributed by atoms with E-state index in [0.29, 0.717) is 48.5 Å². The lowest BCUT2D eigenvalue weighted by Crippen LogP contribution is -2.45. The van der Waals surface area contributed by atoms with E-state index in [1.807, 2.05) is 24.3 Å². The largest absolute Gasteiger partial charge is 0.443 e. The predicted molar refractivity (Wildman–Crippen MR) is 131 cm³/mol. The van der Waals surface area contributed by atoms with Crippen LogP contribution in [0.25, 0.3) is 11.1 Å². The highest BCUT2D eigenvalue weighted by molar-refractivity contribution is 6.30. The van der Waals surface area contributed by atoms with Crippen molar-refractivity contribution >= 4 is 29.5 Å². The molecular formula is C27H30ClFN2O4. The number of nitrogens with zero attached hydrogens (tertiary/aromatic N) is 2. The molecule has 2 saturated heterocycles. The third-order valence-electron chi connectivity index (χ3n) is 6.72. The summed E-state index contributed by atoms with van der Waals surface area (Å²) >= 11 is 6.03.